The van der Waals surface area contributed by atoms with E-state index in [1.165, 1.54) is 12.1 Å². The molecular formula is C29H25ClFN3O2. The molecule has 0 unspecified atom stereocenters. The Bertz CT molecular complexity index is 1410. The number of aromatic nitrogens is 1. The molecule has 0 aliphatic carbocycles. The van der Waals surface area contributed by atoms with Crippen LogP contribution in [0, 0.1) is 12.7 Å². The minimum Gasteiger partial charge on any atom is -0.335 e. The molecule has 5 rings (SSSR count). The van der Waals surface area contributed by atoms with Crippen LogP contribution in [0.2, 0.25) is 5.02 Å². The molecular weight excluding hydrogens is 477 g/mol. The Morgan fingerprint density at radius 2 is 1.31 bits per heavy atom. The number of hydrogen-bond donors (Lipinski definition) is 0. The van der Waals surface area contributed by atoms with Crippen molar-refractivity contribution in [1.82, 2.24) is 14.4 Å². The van der Waals surface area contributed by atoms with E-state index in [9.17, 15) is 14.0 Å². The zero-order chi connectivity index (χ0) is 25.2. The fraction of sp³-hybridized carbons (Fsp3) is 0.172. The lowest BCUT2D eigenvalue weighted by molar-refractivity contribution is 0.0532. The van der Waals surface area contributed by atoms with E-state index in [2.05, 4.69) is 4.57 Å². The van der Waals surface area contributed by atoms with Gasteiger partial charge in [0.1, 0.15) is 5.82 Å². The number of piperazine rings is 1. The number of carbonyl (C=O) groups excluding carboxylic acids is 2. The second-order valence-corrected chi connectivity index (χ2v) is 9.21. The van der Waals surface area contributed by atoms with E-state index >= 15 is 0 Å². The van der Waals surface area contributed by atoms with Gasteiger partial charge in [0.05, 0.1) is 16.8 Å². The Morgan fingerprint density at radius 3 is 1.92 bits per heavy atom. The average molecular weight is 502 g/mol. The molecule has 7 heteroatoms. The lowest BCUT2D eigenvalue weighted by Crippen LogP contribution is -2.50. The summed E-state index contributed by atoms with van der Waals surface area (Å²) in [4.78, 5) is 29.8. The second-order valence-electron chi connectivity index (χ2n) is 8.77. The maximum atomic E-state index is 14.1. The third-order valence-electron chi connectivity index (χ3n) is 6.59. The third kappa shape index (κ3) is 4.52. The van der Waals surface area contributed by atoms with E-state index in [4.69, 9.17) is 11.6 Å². The van der Waals surface area contributed by atoms with Gasteiger partial charge in [0, 0.05) is 42.6 Å². The first-order chi connectivity index (χ1) is 17.4. The summed E-state index contributed by atoms with van der Waals surface area (Å²) in [6.45, 7) is 3.40. The maximum Gasteiger partial charge on any atom is 0.256 e. The Balaban J connectivity index is 1.41. The number of carbonyl (C=O) groups is 2. The predicted octanol–water partition coefficient (Wildman–Crippen LogP) is 5.84. The van der Waals surface area contributed by atoms with Crippen molar-refractivity contribution in [2.75, 3.05) is 26.2 Å². The highest BCUT2D eigenvalue weighted by atomic mass is 35.5. The van der Waals surface area contributed by atoms with E-state index in [0.717, 1.165) is 22.6 Å². The summed E-state index contributed by atoms with van der Waals surface area (Å²) in [7, 11) is 0. The summed E-state index contributed by atoms with van der Waals surface area (Å²) in [5.74, 6) is -0.972. The molecule has 0 atom stereocenters. The van der Waals surface area contributed by atoms with Crippen LogP contribution in [-0.2, 0) is 0 Å². The average Bonchev–Trinajstić information content (AvgIpc) is 3.26. The van der Waals surface area contributed by atoms with Gasteiger partial charge in [-0.3, -0.25) is 9.59 Å². The van der Waals surface area contributed by atoms with E-state index in [0.29, 0.717) is 36.8 Å². The molecule has 4 aromatic rings. The molecule has 1 aliphatic rings. The molecule has 5 nitrogen and oxygen atoms in total. The monoisotopic (exact) mass is 501 g/mol. The number of rotatable bonds is 4. The normalized spacial score (nSPS) is 13.6. The first-order valence-corrected chi connectivity index (χ1v) is 12.2. The standard InChI is InChI=1S/C29H25ClFN3O2/c1-20-25(19-27(21-11-13-22(30)14-12-21)34(20)23-7-3-2-4-8-23)29(36)33-17-15-32(16-18-33)28(35)24-9-5-6-10-26(24)31/h2-14,19H,15-18H2,1H3. The SMILES string of the molecule is Cc1c(C(=O)N2CCN(C(=O)c3ccccc3F)CC2)cc(-c2ccc(Cl)cc2)n1-c1ccccc1. The molecule has 2 amide bonds. The van der Waals surface area contributed by atoms with Crippen molar-refractivity contribution in [3.05, 3.63) is 113 Å². The van der Waals surface area contributed by atoms with Crippen molar-refractivity contribution in [1.29, 1.82) is 0 Å². The lowest BCUT2D eigenvalue weighted by Gasteiger charge is -2.35. The van der Waals surface area contributed by atoms with Crippen molar-refractivity contribution >= 4 is 23.4 Å². The van der Waals surface area contributed by atoms with Crippen LogP contribution in [0.1, 0.15) is 26.4 Å². The zero-order valence-electron chi connectivity index (χ0n) is 19.8. The van der Waals surface area contributed by atoms with Crippen LogP contribution in [0.15, 0.2) is 84.9 Å². The van der Waals surface area contributed by atoms with Gasteiger partial charge in [-0.2, -0.15) is 0 Å². The van der Waals surface area contributed by atoms with Gasteiger partial charge < -0.3 is 14.4 Å². The molecule has 2 heterocycles. The molecule has 1 saturated heterocycles. The Morgan fingerprint density at radius 1 is 0.750 bits per heavy atom. The molecule has 1 aliphatic heterocycles. The molecule has 1 aromatic heterocycles. The Hall–Kier alpha value is -3.90. The second kappa shape index (κ2) is 9.99. The van der Waals surface area contributed by atoms with Gasteiger partial charge in [-0.1, -0.05) is 54.1 Å². The van der Waals surface area contributed by atoms with Crippen LogP contribution in [0.4, 0.5) is 4.39 Å². The van der Waals surface area contributed by atoms with E-state index < -0.39 is 5.82 Å². The lowest BCUT2D eigenvalue weighted by atomic mass is 10.1. The number of benzene rings is 3. The highest BCUT2D eigenvalue weighted by Crippen LogP contribution is 2.31. The fourth-order valence-corrected chi connectivity index (χ4v) is 4.78. The smallest absolute Gasteiger partial charge is 0.256 e. The molecule has 1 fully saturated rings. The minimum atomic E-state index is -0.534. The molecule has 0 radical (unpaired) electrons. The summed E-state index contributed by atoms with van der Waals surface area (Å²) in [5, 5.41) is 0.646. The predicted molar refractivity (Wildman–Crippen MR) is 139 cm³/mol. The zero-order valence-corrected chi connectivity index (χ0v) is 20.6. The van der Waals surface area contributed by atoms with Crippen molar-refractivity contribution < 1.29 is 14.0 Å². The van der Waals surface area contributed by atoms with Crippen LogP contribution in [0.25, 0.3) is 16.9 Å². The Labute approximate surface area is 214 Å². The van der Waals surface area contributed by atoms with Crippen LogP contribution < -0.4 is 0 Å². The van der Waals surface area contributed by atoms with Gasteiger partial charge >= 0.3 is 0 Å². The van der Waals surface area contributed by atoms with Crippen LogP contribution >= 0.6 is 11.6 Å². The highest BCUT2D eigenvalue weighted by molar-refractivity contribution is 6.30. The largest absolute Gasteiger partial charge is 0.335 e. The number of para-hydroxylation sites is 1. The quantitative estimate of drug-likeness (QED) is 0.352. The summed E-state index contributed by atoms with van der Waals surface area (Å²) in [6.07, 6.45) is 0. The number of halogens is 2. The fourth-order valence-electron chi connectivity index (χ4n) is 4.65. The number of hydrogen-bond acceptors (Lipinski definition) is 2. The van der Waals surface area contributed by atoms with Crippen molar-refractivity contribution in [2.24, 2.45) is 0 Å². The first-order valence-electron chi connectivity index (χ1n) is 11.8. The molecule has 3 aromatic carbocycles. The molecule has 36 heavy (non-hydrogen) atoms. The van der Waals surface area contributed by atoms with Crippen LogP contribution in [0.3, 0.4) is 0 Å². The summed E-state index contributed by atoms with van der Waals surface area (Å²) in [6, 6.07) is 25.4. The van der Waals surface area contributed by atoms with Gasteiger partial charge in [-0.05, 0) is 55.0 Å². The molecule has 182 valence electrons. The first kappa shape index (κ1) is 23.8. The summed E-state index contributed by atoms with van der Waals surface area (Å²) < 4.78 is 16.2. The van der Waals surface area contributed by atoms with Crippen molar-refractivity contribution in [2.45, 2.75) is 6.92 Å². The van der Waals surface area contributed by atoms with Gasteiger partial charge in [0.15, 0.2) is 0 Å². The molecule has 0 bridgehead atoms. The summed E-state index contributed by atoms with van der Waals surface area (Å²) in [5.41, 5.74) is 4.30. The number of amides is 2. The maximum absolute atomic E-state index is 14.1. The van der Waals surface area contributed by atoms with Gasteiger partial charge in [-0.15, -0.1) is 0 Å². The van der Waals surface area contributed by atoms with E-state index in [-0.39, 0.29) is 17.4 Å². The van der Waals surface area contributed by atoms with Crippen molar-refractivity contribution in [3.63, 3.8) is 0 Å². The molecule has 0 saturated carbocycles. The molecule has 0 spiro atoms. The van der Waals surface area contributed by atoms with Gasteiger partial charge in [0.25, 0.3) is 11.8 Å². The van der Waals surface area contributed by atoms with Gasteiger partial charge in [-0.25, -0.2) is 4.39 Å². The summed E-state index contributed by atoms with van der Waals surface area (Å²) >= 11 is 6.11. The van der Waals surface area contributed by atoms with Crippen molar-refractivity contribution in [3.8, 4) is 16.9 Å². The highest BCUT2D eigenvalue weighted by Gasteiger charge is 2.29. The van der Waals surface area contributed by atoms with E-state index in [1.54, 1.807) is 21.9 Å². The Kier molecular flexibility index (Phi) is 6.61. The topological polar surface area (TPSA) is 45.6 Å². The minimum absolute atomic E-state index is 0.0562. The van der Waals surface area contributed by atoms with Crippen LogP contribution in [-0.4, -0.2) is 52.4 Å². The van der Waals surface area contributed by atoms with Crippen LogP contribution in [0.5, 0.6) is 0 Å². The number of nitrogens with zero attached hydrogens (tertiary/aromatic N) is 3. The van der Waals surface area contributed by atoms with E-state index in [1.807, 2.05) is 67.6 Å². The third-order valence-corrected chi connectivity index (χ3v) is 6.84. The molecule has 0 N–H and O–H groups in total. The van der Waals surface area contributed by atoms with Gasteiger partial charge in [0.2, 0.25) is 0 Å².